The lowest BCUT2D eigenvalue weighted by Crippen LogP contribution is -2.18. The van der Waals surface area contributed by atoms with E-state index >= 15 is 0 Å². The van der Waals surface area contributed by atoms with Crippen LogP contribution in [-0.4, -0.2) is 26.6 Å². The van der Waals surface area contributed by atoms with Gasteiger partial charge >= 0.3 is 7.48 Å². The number of halogens is 1. The minimum atomic E-state index is 0.0334. The van der Waals surface area contributed by atoms with Gasteiger partial charge in [-0.1, -0.05) is 29.8 Å². The maximum atomic E-state index is 9.42. The van der Waals surface area contributed by atoms with Gasteiger partial charge in [0.25, 0.3) is 0 Å². The number of hydrogen-bond donors (Lipinski definition) is 1. The van der Waals surface area contributed by atoms with Crippen molar-refractivity contribution in [3.63, 3.8) is 0 Å². The lowest BCUT2D eigenvalue weighted by atomic mass is 9.81. The van der Waals surface area contributed by atoms with E-state index < -0.39 is 0 Å². The molecule has 0 atom stereocenters. The molecule has 0 bridgehead atoms. The summed E-state index contributed by atoms with van der Waals surface area (Å²) in [6.45, 7) is 0. The minimum Gasteiger partial charge on any atom is -0.449 e. The number of rotatable bonds is 3. The van der Waals surface area contributed by atoms with Crippen LogP contribution < -0.4 is 10.4 Å². The Labute approximate surface area is 113 Å². The first-order valence-corrected chi connectivity index (χ1v) is 6.16. The second-order valence-corrected chi connectivity index (χ2v) is 4.84. The molecule has 0 saturated carbocycles. The van der Waals surface area contributed by atoms with Crippen molar-refractivity contribution in [3.05, 3.63) is 47.5 Å². The van der Waals surface area contributed by atoms with Gasteiger partial charge in [0.2, 0.25) is 0 Å². The molecule has 0 fully saturated rings. The van der Waals surface area contributed by atoms with E-state index in [1.807, 2.05) is 55.4 Å². The Bertz CT molecular complexity index is 540. The molecular weight excluding hydrogens is 244 g/mol. The van der Waals surface area contributed by atoms with Gasteiger partial charge in [0, 0.05) is 24.8 Å². The molecule has 0 aliphatic heterocycles. The summed E-state index contributed by atoms with van der Waals surface area (Å²) in [5, 5.41) is 10.1. The molecule has 1 N–H and O–H groups in total. The maximum Gasteiger partial charge on any atom is 0.305 e. The van der Waals surface area contributed by atoms with E-state index in [9.17, 15) is 5.02 Å². The fourth-order valence-electron chi connectivity index (χ4n) is 1.88. The monoisotopic (exact) mass is 259 g/mol. The summed E-state index contributed by atoms with van der Waals surface area (Å²) in [5.41, 5.74) is 4.13. The van der Waals surface area contributed by atoms with Gasteiger partial charge in [0.15, 0.2) is 0 Å². The van der Waals surface area contributed by atoms with E-state index in [1.165, 1.54) is 0 Å². The van der Waals surface area contributed by atoms with E-state index in [0.29, 0.717) is 5.02 Å². The largest absolute Gasteiger partial charge is 0.449 e. The average molecular weight is 260 g/mol. The third-order valence-electron chi connectivity index (χ3n) is 2.94. The molecule has 2 rings (SSSR count). The molecule has 0 aliphatic rings. The molecule has 0 saturated heterocycles. The molecule has 2 aromatic carbocycles. The molecule has 0 spiro atoms. The average Bonchev–Trinajstić information content (AvgIpc) is 2.39. The van der Waals surface area contributed by atoms with E-state index in [1.54, 1.807) is 0 Å². The van der Waals surface area contributed by atoms with Crippen molar-refractivity contribution in [2.75, 3.05) is 19.0 Å². The second-order valence-electron chi connectivity index (χ2n) is 4.40. The summed E-state index contributed by atoms with van der Waals surface area (Å²) in [6.07, 6.45) is 0. The fraction of sp³-hybridized carbons (Fsp3) is 0.143. The summed E-state index contributed by atoms with van der Waals surface area (Å²) in [6, 6.07) is 13.7. The number of nitrogens with zero attached hydrogens (tertiary/aromatic N) is 1. The van der Waals surface area contributed by atoms with Crippen LogP contribution in [-0.2, 0) is 0 Å². The highest BCUT2D eigenvalue weighted by Crippen LogP contribution is 2.23. The van der Waals surface area contributed by atoms with Gasteiger partial charge in [-0.05, 0) is 40.9 Å². The van der Waals surface area contributed by atoms with Gasteiger partial charge < -0.3 is 9.92 Å². The molecule has 4 heteroatoms. The summed E-state index contributed by atoms with van der Waals surface area (Å²) in [7, 11) is 4.03. The number of hydrogen-bond acceptors (Lipinski definition) is 2. The first-order valence-electron chi connectivity index (χ1n) is 5.79. The predicted octanol–water partition coefficient (Wildman–Crippen LogP) is 2.04. The van der Waals surface area contributed by atoms with Crippen molar-refractivity contribution in [3.8, 4) is 11.1 Å². The molecule has 2 aromatic rings. The van der Waals surface area contributed by atoms with E-state index in [0.717, 1.165) is 22.3 Å². The zero-order valence-corrected chi connectivity index (χ0v) is 11.3. The summed E-state index contributed by atoms with van der Waals surface area (Å²) >= 11 is 5.90. The van der Waals surface area contributed by atoms with Crippen molar-refractivity contribution >= 4 is 30.2 Å². The first-order chi connectivity index (χ1) is 8.61. The zero-order valence-electron chi connectivity index (χ0n) is 10.5. The number of anilines is 1. The van der Waals surface area contributed by atoms with Crippen LogP contribution >= 0.6 is 11.6 Å². The second kappa shape index (κ2) is 5.47. The molecule has 0 aliphatic carbocycles. The highest BCUT2D eigenvalue weighted by molar-refractivity contribution is 6.48. The van der Waals surface area contributed by atoms with Crippen molar-refractivity contribution in [2.24, 2.45) is 0 Å². The maximum absolute atomic E-state index is 9.42. The Morgan fingerprint density at radius 2 is 1.72 bits per heavy atom. The fourth-order valence-corrected chi connectivity index (χ4v) is 2.00. The van der Waals surface area contributed by atoms with Crippen LogP contribution in [0.25, 0.3) is 11.1 Å². The minimum absolute atomic E-state index is 0.0334. The van der Waals surface area contributed by atoms with Crippen molar-refractivity contribution in [2.45, 2.75) is 0 Å². The van der Waals surface area contributed by atoms with Crippen molar-refractivity contribution < 1.29 is 5.02 Å². The van der Waals surface area contributed by atoms with Crippen molar-refractivity contribution in [1.82, 2.24) is 0 Å². The Balaban J connectivity index is 2.53. The van der Waals surface area contributed by atoms with Crippen LogP contribution in [0.5, 0.6) is 0 Å². The Morgan fingerprint density at radius 3 is 2.28 bits per heavy atom. The first kappa shape index (κ1) is 13.0. The molecule has 0 aromatic heterocycles. The molecule has 0 amide bonds. The number of benzene rings is 2. The van der Waals surface area contributed by atoms with Crippen LogP contribution in [0, 0.1) is 0 Å². The molecule has 2 nitrogen and oxygen atoms in total. The molecule has 18 heavy (non-hydrogen) atoms. The van der Waals surface area contributed by atoms with Crippen LogP contribution in [0.15, 0.2) is 42.5 Å². The zero-order chi connectivity index (χ0) is 13.1. The predicted molar refractivity (Wildman–Crippen MR) is 80.2 cm³/mol. The van der Waals surface area contributed by atoms with Gasteiger partial charge in [0.05, 0.1) is 0 Å². The smallest absolute Gasteiger partial charge is 0.305 e. The highest BCUT2D eigenvalue weighted by Gasteiger charge is 2.07. The van der Waals surface area contributed by atoms with Crippen LogP contribution in [0.2, 0.25) is 5.02 Å². The lowest BCUT2D eigenvalue weighted by Gasteiger charge is -2.16. The SMILES string of the molecule is CN(C)c1ccc(BO)c(-c2ccc(Cl)cc2)c1. The van der Waals surface area contributed by atoms with Crippen molar-refractivity contribution in [1.29, 1.82) is 0 Å². The van der Waals surface area contributed by atoms with Crippen LogP contribution in [0.3, 0.4) is 0 Å². The topological polar surface area (TPSA) is 23.5 Å². The third-order valence-corrected chi connectivity index (χ3v) is 3.19. The van der Waals surface area contributed by atoms with Gasteiger partial charge in [-0.2, -0.15) is 0 Å². The van der Waals surface area contributed by atoms with Crippen LogP contribution in [0.4, 0.5) is 5.69 Å². The van der Waals surface area contributed by atoms with Gasteiger partial charge in [-0.15, -0.1) is 0 Å². The van der Waals surface area contributed by atoms with E-state index in [-0.39, 0.29) is 7.48 Å². The van der Waals surface area contributed by atoms with Gasteiger partial charge in [0.1, 0.15) is 0 Å². The van der Waals surface area contributed by atoms with E-state index in [2.05, 4.69) is 6.07 Å². The Hall–Kier alpha value is -1.45. The third kappa shape index (κ3) is 2.69. The molecule has 0 unspecified atom stereocenters. The Morgan fingerprint density at radius 1 is 1.06 bits per heavy atom. The standard InChI is InChI=1S/C14H15BClNO/c1-17(2)12-7-8-14(15-18)13(9-12)10-3-5-11(16)6-4-10/h3-9,15,18H,1-2H3. The van der Waals surface area contributed by atoms with E-state index in [4.69, 9.17) is 11.6 Å². The normalized spacial score (nSPS) is 10.2. The van der Waals surface area contributed by atoms with Gasteiger partial charge in [-0.3, -0.25) is 0 Å². The highest BCUT2D eigenvalue weighted by atomic mass is 35.5. The molecule has 0 radical (unpaired) electrons. The molecular formula is C14H15BClNO. The summed E-state index contributed by atoms with van der Waals surface area (Å²) < 4.78 is 0. The van der Waals surface area contributed by atoms with Crippen LogP contribution in [0.1, 0.15) is 0 Å². The quantitative estimate of drug-likeness (QED) is 0.853. The molecule has 0 heterocycles. The lowest BCUT2D eigenvalue weighted by molar-refractivity contribution is 0.615. The summed E-state index contributed by atoms with van der Waals surface area (Å²) in [5.74, 6) is 0. The molecule has 92 valence electrons. The Kier molecular flexibility index (Phi) is 3.95. The summed E-state index contributed by atoms with van der Waals surface area (Å²) in [4.78, 5) is 2.04. The van der Waals surface area contributed by atoms with Gasteiger partial charge in [-0.25, -0.2) is 0 Å².